The van der Waals surface area contributed by atoms with E-state index in [0.717, 1.165) is 0 Å². The first-order valence-electron chi connectivity index (χ1n) is 4.12. The van der Waals surface area contributed by atoms with Crippen molar-refractivity contribution in [2.45, 2.75) is 31.0 Å². The van der Waals surface area contributed by atoms with Crippen LogP contribution in [0, 0.1) is 0 Å². The SMILES string of the molecule is CCCCC(Br)c1sccc1Br. The van der Waals surface area contributed by atoms with E-state index in [9.17, 15) is 0 Å². The first-order chi connectivity index (χ1) is 5.75. The monoisotopic (exact) mass is 310 g/mol. The predicted octanol–water partition coefficient (Wildman–Crippen LogP) is 5.14. The molecule has 0 aromatic carbocycles. The van der Waals surface area contributed by atoms with E-state index in [4.69, 9.17) is 0 Å². The third-order valence-electron chi connectivity index (χ3n) is 1.74. The van der Waals surface area contributed by atoms with Gasteiger partial charge in [-0.3, -0.25) is 0 Å². The number of hydrogen-bond donors (Lipinski definition) is 0. The maximum Gasteiger partial charge on any atom is 0.0500 e. The molecule has 0 spiro atoms. The number of rotatable bonds is 4. The fourth-order valence-corrected chi connectivity index (χ4v) is 3.91. The number of thiophene rings is 1. The molecule has 0 aliphatic carbocycles. The molecule has 1 aromatic heterocycles. The van der Waals surface area contributed by atoms with Gasteiger partial charge in [0.25, 0.3) is 0 Å². The van der Waals surface area contributed by atoms with Crippen molar-refractivity contribution in [2.75, 3.05) is 0 Å². The second kappa shape index (κ2) is 5.40. The van der Waals surface area contributed by atoms with Crippen LogP contribution in [0.25, 0.3) is 0 Å². The lowest BCUT2D eigenvalue weighted by atomic mass is 10.2. The van der Waals surface area contributed by atoms with Crippen molar-refractivity contribution >= 4 is 43.2 Å². The van der Waals surface area contributed by atoms with Crippen LogP contribution in [-0.2, 0) is 0 Å². The Balaban J connectivity index is 2.52. The van der Waals surface area contributed by atoms with Gasteiger partial charge in [-0.25, -0.2) is 0 Å². The van der Waals surface area contributed by atoms with Crippen molar-refractivity contribution in [3.63, 3.8) is 0 Å². The molecule has 1 rings (SSSR count). The van der Waals surface area contributed by atoms with Gasteiger partial charge in [0.15, 0.2) is 0 Å². The lowest BCUT2D eigenvalue weighted by Gasteiger charge is -2.06. The summed E-state index contributed by atoms with van der Waals surface area (Å²) in [6.45, 7) is 2.23. The molecule has 0 radical (unpaired) electrons. The zero-order valence-electron chi connectivity index (χ0n) is 7.02. The summed E-state index contributed by atoms with van der Waals surface area (Å²) in [6.07, 6.45) is 3.79. The van der Waals surface area contributed by atoms with Crippen molar-refractivity contribution in [3.8, 4) is 0 Å². The molecule has 1 aromatic rings. The minimum Gasteiger partial charge on any atom is -0.147 e. The molecule has 0 aliphatic rings. The second-order valence-corrected chi connectivity index (χ2v) is 5.65. The summed E-state index contributed by atoms with van der Waals surface area (Å²) in [4.78, 5) is 1.95. The Morgan fingerprint density at radius 1 is 1.58 bits per heavy atom. The molecular formula is C9H12Br2S. The van der Waals surface area contributed by atoms with Gasteiger partial charge < -0.3 is 0 Å². The lowest BCUT2D eigenvalue weighted by molar-refractivity contribution is 0.717. The van der Waals surface area contributed by atoms with Crippen LogP contribution in [0.5, 0.6) is 0 Å². The Bertz CT molecular complexity index is 232. The van der Waals surface area contributed by atoms with Crippen LogP contribution in [0.4, 0.5) is 0 Å². The standard InChI is InChI=1S/C9H12Br2S/c1-2-3-4-7(10)9-8(11)5-6-12-9/h5-7H,2-4H2,1H3. The van der Waals surface area contributed by atoms with E-state index >= 15 is 0 Å². The quantitative estimate of drug-likeness (QED) is 0.676. The van der Waals surface area contributed by atoms with Crippen LogP contribution in [0.15, 0.2) is 15.9 Å². The van der Waals surface area contributed by atoms with Crippen LogP contribution < -0.4 is 0 Å². The molecule has 1 heterocycles. The molecule has 0 N–H and O–H groups in total. The zero-order chi connectivity index (χ0) is 8.97. The van der Waals surface area contributed by atoms with E-state index in [0.29, 0.717) is 4.83 Å². The Morgan fingerprint density at radius 2 is 2.33 bits per heavy atom. The summed E-state index contributed by atoms with van der Waals surface area (Å²) in [5.41, 5.74) is 0. The summed E-state index contributed by atoms with van der Waals surface area (Å²) < 4.78 is 1.24. The minimum atomic E-state index is 0.534. The zero-order valence-corrected chi connectivity index (χ0v) is 11.0. The van der Waals surface area contributed by atoms with E-state index < -0.39 is 0 Å². The summed E-state index contributed by atoms with van der Waals surface area (Å²) in [7, 11) is 0. The van der Waals surface area contributed by atoms with Gasteiger partial charge in [0.2, 0.25) is 0 Å². The average Bonchev–Trinajstić information content (AvgIpc) is 2.47. The van der Waals surface area contributed by atoms with Crippen molar-refractivity contribution in [2.24, 2.45) is 0 Å². The largest absolute Gasteiger partial charge is 0.147 e. The van der Waals surface area contributed by atoms with Crippen LogP contribution >= 0.6 is 43.2 Å². The Morgan fingerprint density at radius 3 is 2.83 bits per heavy atom. The van der Waals surface area contributed by atoms with Gasteiger partial charge in [0.05, 0.1) is 4.83 Å². The highest BCUT2D eigenvalue weighted by Crippen LogP contribution is 2.37. The maximum absolute atomic E-state index is 3.70. The van der Waals surface area contributed by atoms with E-state index in [-0.39, 0.29) is 0 Å². The van der Waals surface area contributed by atoms with Gasteiger partial charge >= 0.3 is 0 Å². The molecule has 1 unspecified atom stereocenters. The van der Waals surface area contributed by atoms with Crippen LogP contribution in [0.2, 0.25) is 0 Å². The summed E-state index contributed by atoms with van der Waals surface area (Å²) in [5.74, 6) is 0. The highest BCUT2D eigenvalue weighted by molar-refractivity contribution is 9.11. The minimum absolute atomic E-state index is 0.534. The van der Waals surface area contributed by atoms with E-state index in [2.05, 4.69) is 50.2 Å². The molecule has 68 valence electrons. The molecule has 0 fully saturated rings. The van der Waals surface area contributed by atoms with E-state index in [1.54, 1.807) is 0 Å². The third kappa shape index (κ3) is 2.86. The third-order valence-corrected chi connectivity index (χ3v) is 4.94. The number of unbranched alkanes of at least 4 members (excludes halogenated alkanes) is 1. The first kappa shape index (κ1) is 10.7. The topological polar surface area (TPSA) is 0 Å². The van der Waals surface area contributed by atoms with Gasteiger partial charge in [-0.1, -0.05) is 35.7 Å². The van der Waals surface area contributed by atoms with Crippen molar-refractivity contribution < 1.29 is 0 Å². The Labute approximate surface area is 94.6 Å². The highest BCUT2D eigenvalue weighted by Gasteiger charge is 2.11. The second-order valence-electron chi connectivity index (χ2n) is 2.74. The van der Waals surface area contributed by atoms with Gasteiger partial charge in [0, 0.05) is 9.35 Å². The molecule has 0 aliphatic heterocycles. The fraction of sp³-hybridized carbons (Fsp3) is 0.556. The van der Waals surface area contributed by atoms with Crippen molar-refractivity contribution in [3.05, 3.63) is 20.8 Å². The van der Waals surface area contributed by atoms with Gasteiger partial charge in [0.1, 0.15) is 0 Å². The number of hydrogen-bond acceptors (Lipinski definition) is 1. The smallest absolute Gasteiger partial charge is 0.0500 e. The molecule has 3 heteroatoms. The number of halogens is 2. The fourth-order valence-electron chi connectivity index (χ4n) is 1.04. The number of alkyl halides is 1. The Kier molecular flexibility index (Phi) is 4.84. The van der Waals surface area contributed by atoms with Crippen molar-refractivity contribution in [1.82, 2.24) is 0 Å². The van der Waals surface area contributed by atoms with E-state index in [1.807, 2.05) is 11.3 Å². The lowest BCUT2D eigenvalue weighted by Crippen LogP contribution is -1.86. The molecule has 0 saturated heterocycles. The highest BCUT2D eigenvalue weighted by atomic mass is 79.9. The van der Waals surface area contributed by atoms with Gasteiger partial charge in [-0.15, -0.1) is 11.3 Å². The van der Waals surface area contributed by atoms with Crippen molar-refractivity contribution in [1.29, 1.82) is 0 Å². The average molecular weight is 312 g/mol. The predicted molar refractivity (Wildman–Crippen MR) is 63.2 cm³/mol. The first-order valence-corrected chi connectivity index (χ1v) is 6.71. The molecule has 0 amide bonds. The molecule has 1 atom stereocenters. The maximum atomic E-state index is 3.70. The van der Waals surface area contributed by atoms with Gasteiger partial charge in [-0.05, 0) is 33.8 Å². The Hall–Kier alpha value is 0.660. The molecular weight excluding hydrogens is 300 g/mol. The molecule has 12 heavy (non-hydrogen) atoms. The summed E-state index contributed by atoms with van der Waals surface area (Å²) in [5, 5.41) is 2.12. The molecule has 0 saturated carbocycles. The van der Waals surface area contributed by atoms with Crippen LogP contribution in [0.1, 0.15) is 35.9 Å². The van der Waals surface area contributed by atoms with Crippen LogP contribution in [-0.4, -0.2) is 0 Å². The van der Waals surface area contributed by atoms with Gasteiger partial charge in [-0.2, -0.15) is 0 Å². The normalized spacial score (nSPS) is 13.2. The molecule has 0 bridgehead atoms. The van der Waals surface area contributed by atoms with Crippen LogP contribution in [0.3, 0.4) is 0 Å². The summed E-state index contributed by atoms with van der Waals surface area (Å²) in [6, 6.07) is 2.11. The molecule has 0 nitrogen and oxygen atoms in total. The summed E-state index contributed by atoms with van der Waals surface area (Å²) >= 11 is 9.05. The van der Waals surface area contributed by atoms with E-state index in [1.165, 1.54) is 28.6 Å².